The van der Waals surface area contributed by atoms with Gasteiger partial charge in [0.15, 0.2) is 0 Å². The molecule has 0 heterocycles. The predicted molar refractivity (Wildman–Crippen MR) is 64.3 cm³/mol. The second kappa shape index (κ2) is 10.0. The third-order valence-electron chi connectivity index (χ3n) is 2.79. The molecule has 0 fully saturated rings. The van der Waals surface area contributed by atoms with Gasteiger partial charge in [-0.05, 0) is 12.3 Å². The number of hydrogen-bond acceptors (Lipinski definition) is 6. The topological polar surface area (TPSA) is 96.2 Å². The zero-order chi connectivity index (χ0) is 14.0. The molecule has 0 aliphatic rings. The molecular formula is C12H22O6. The van der Waals surface area contributed by atoms with Crippen molar-refractivity contribution >= 4 is 5.97 Å². The van der Waals surface area contributed by atoms with Gasteiger partial charge in [0, 0.05) is 25.2 Å². The number of rotatable bonds is 10. The summed E-state index contributed by atoms with van der Waals surface area (Å²) < 4.78 is 0. The van der Waals surface area contributed by atoms with Gasteiger partial charge in [-0.15, -0.1) is 0 Å². The average molecular weight is 262 g/mol. The van der Waals surface area contributed by atoms with Crippen molar-refractivity contribution in [1.82, 2.24) is 0 Å². The maximum absolute atomic E-state index is 10.8. The predicted octanol–water partition coefficient (Wildman–Crippen LogP) is 0.0252. The first-order valence-electron chi connectivity index (χ1n) is 5.96. The maximum Gasteiger partial charge on any atom is 0.365 e. The molecule has 3 N–H and O–H groups in total. The minimum absolute atomic E-state index is 0.131. The Morgan fingerprint density at radius 1 is 1.28 bits per heavy atom. The molecule has 106 valence electrons. The lowest BCUT2D eigenvalue weighted by molar-refractivity contribution is -0.312. The Morgan fingerprint density at radius 2 is 1.94 bits per heavy atom. The number of aliphatic hydroxyl groups excluding tert-OH is 3. The van der Waals surface area contributed by atoms with Crippen molar-refractivity contribution in [2.24, 2.45) is 11.8 Å². The summed E-state index contributed by atoms with van der Waals surface area (Å²) in [6.45, 7) is 4.32. The van der Waals surface area contributed by atoms with E-state index in [9.17, 15) is 20.1 Å². The summed E-state index contributed by atoms with van der Waals surface area (Å²) in [7, 11) is 0. The minimum atomic E-state index is -0.873. The molecule has 0 aliphatic carbocycles. The van der Waals surface area contributed by atoms with E-state index in [1.54, 1.807) is 0 Å². The Bertz CT molecular complexity index is 243. The molecule has 6 heteroatoms. The van der Waals surface area contributed by atoms with Gasteiger partial charge in [-0.2, -0.15) is 4.89 Å². The zero-order valence-electron chi connectivity index (χ0n) is 10.6. The summed E-state index contributed by atoms with van der Waals surface area (Å²) in [6, 6.07) is 0. The molecule has 6 nitrogen and oxygen atoms in total. The van der Waals surface area contributed by atoms with Crippen LogP contribution in [0.4, 0.5) is 0 Å². The summed E-state index contributed by atoms with van der Waals surface area (Å²) in [6.07, 6.45) is 1.56. The summed E-state index contributed by atoms with van der Waals surface area (Å²) in [4.78, 5) is 20.0. The number of aliphatic hydroxyl groups is 3. The highest BCUT2D eigenvalue weighted by Gasteiger charge is 2.30. The fourth-order valence-corrected chi connectivity index (χ4v) is 1.76. The molecule has 0 aromatic heterocycles. The Kier molecular flexibility index (Phi) is 9.49. The smallest absolute Gasteiger partial charge is 0.365 e. The van der Waals surface area contributed by atoms with Crippen LogP contribution in [-0.2, 0) is 14.6 Å². The van der Waals surface area contributed by atoms with Crippen LogP contribution in [-0.4, -0.2) is 47.2 Å². The van der Waals surface area contributed by atoms with E-state index in [4.69, 9.17) is 4.89 Å². The number of carbonyl (C=O) groups is 1. The Hall–Kier alpha value is -0.950. The molecule has 18 heavy (non-hydrogen) atoms. The number of carbonyl (C=O) groups excluding carboxylic acids is 1. The standard InChI is InChI=1S/C12H22O6/c1-3-5-9(6-13)10(7-14)11(8-15)17-18-12(16)4-2/h4,9-11,13-15H,2-3,5-8H2,1H3. The lowest BCUT2D eigenvalue weighted by Crippen LogP contribution is -2.37. The fraction of sp³-hybridized carbons (Fsp3) is 0.750. The van der Waals surface area contributed by atoms with E-state index in [0.717, 1.165) is 12.5 Å². The van der Waals surface area contributed by atoms with Crippen LogP contribution in [0.25, 0.3) is 0 Å². The molecule has 0 aromatic carbocycles. The molecule has 0 aliphatic heterocycles. The van der Waals surface area contributed by atoms with Crippen LogP contribution in [0.15, 0.2) is 12.7 Å². The summed E-state index contributed by atoms with van der Waals surface area (Å²) in [5.41, 5.74) is 0. The highest BCUT2D eigenvalue weighted by atomic mass is 17.2. The zero-order valence-corrected chi connectivity index (χ0v) is 10.6. The van der Waals surface area contributed by atoms with Crippen LogP contribution >= 0.6 is 0 Å². The molecule has 0 amide bonds. The summed E-state index contributed by atoms with van der Waals surface area (Å²) in [5, 5.41) is 27.8. The van der Waals surface area contributed by atoms with Gasteiger partial charge in [-0.3, -0.25) is 4.89 Å². The molecule has 0 aromatic rings. The highest BCUT2D eigenvalue weighted by molar-refractivity contribution is 5.80. The Balaban J connectivity index is 4.53. The van der Waals surface area contributed by atoms with E-state index in [-0.39, 0.29) is 19.1 Å². The van der Waals surface area contributed by atoms with E-state index >= 15 is 0 Å². The Morgan fingerprint density at radius 3 is 2.33 bits per heavy atom. The van der Waals surface area contributed by atoms with Gasteiger partial charge < -0.3 is 15.3 Å². The average Bonchev–Trinajstić information content (AvgIpc) is 2.41. The van der Waals surface area contributed by atoms with Crippen LogP contribution in [0, 0.1) is 11.8 Å². The molecule has 0 spiro atoms. The molecule has 0 saturated carbocycles. The molecule has 0 bridgehead atoms. The van der Waals surface area contributed by atoms with Crippen LogP contribution in [0.2, 0.25) is 0 Å². The maximum atomic E-state index is 10.8. The van der Waals surface area contributed by atoms with E-state index in [0.29, 0.717) is 6.42 Å². The van der Waals surface area contributed by atoms with Crippen LogP contribution < -0.4 is 0 Å². The first-order valence-corrected chi connectivity index (χ1v) is 5.96. The highest BCUT2D eigenvalue weighted by Crippen LogP contribution is 2.22. The quantitative estimate of drug-likeness (QED) is 0.292. The van der Waals surface area contributed by atoms with Gasteiger partial charge in [0.1, 0.15) is 6.10 Å². The van der Waals surface area contributed by atoms with Crippen molar-refractivity contribution < 1.29 is 29.9 Å². The first kappa shape index (κ1) is 17.1. The third-order valence-corrected chi connectivity index (χ3v) is 2.79. The number of hydrogen-bond donors (Lipinski definition) is 3. The SMILES string of the molecule is C=CC(=O)OOC(CO)C(CO)C(CO)CCC. The van der Waals surface area contributed by atoms with E-state index in [1.165, 1.54) is 0 Å². The van der Waals surface area contributed by atoms with Crippen molar-refractivity contribution in [3.8, 4) is 0 Å². The lowest BCUT2D eigenvalue weighted by Gasteiger charge is -2.28. The van der Waals surface area contributed by atoms with Gasteiger partial charge in [-0.25, -0.2) is 4.79 Å². The minimum Gasteiger partial charge on any atom is -0.396 e. The molecular weight excluding hydrogens is 240 g/mol. The normalized spacial score (nSPS) is 15.8. The van der Waals surface area contributed by atoms with E-state index in [1.807, 2.05) is 6.92 Å². The monoisotopic (exact) mass is 262 g/mol. The molecule has 3 atom stereocenters. The van der Waals surface area contributed by atoms with Crippen LogP contribution in [0.5, 0.6) is 0 Å². The van der Waals surface area contributed by atoms with Gasteiger partial charge in [0.05, 0.1) is 6.61 Å². The molecule has 3 unspecified atom stereocenters. The third kappa shape index (κ3) is 5.59. The molecule has 0 radical (unpaired) electrons. The van der Waals surface area contributed by atoms with Crippen molar-refractivity contribution in [2.45, 2.75) is 25.9 Å². The van der Waals surface area contributed by atoms with Crippen molar-refractivity contribution in [3.05, 3.63) is 12.7 Å². The lowest BCUT2D eigenvalue weighted by atomic mass is 9.86. The van der Waals surface area contributed by atoms with Crippen molar-refractivity contribution in [2.75, 3.05) is 19.8 Å². The largest absolute Gasteiger partial charge is 0.396 e. The Labute approximate surface area is 107 Å². The van der Waals surface area contributed by atoms with Gasteiger partial charge in [0.25, 0.3) is 0 Å². The van der Waals surface area contributed by atoms with E-state index < -0.39 is 24.6 Å². The van der Waals surface area contributed by atoms with Crippen molar-refractivity contribution in [1.29, 1.82) is 0 Å². The van der Waals surface area contributed by atoms with Crippen molar-refractivity contribution in [3.63, 3.8) is 0 Å². The van der Waals surface area contributed by atoms with Gasteiger partial charge in [-0.1, -0.05) is 19.9 Å². The summed E-state index contributed by atoms with van der Waals surface area (Å²) in [5.74, 6) is -1.50. The molecule has 0 rings (SSSR count). The van der Waals surface area contributed by atoms with E-state index in [2.05, 4.69) is 11.5 Å². The molecule has 0 saturated heterocycles. The first-order chi connectivity index (χ1) is 8.64. The van der Waals surface area contributed by atoms with Gasteiger partial charge >= 0.3 is 5.97 Å². The van der Waals surface area contributed by atoms with Gasteiger partial charge in [0.2, 0.25) is 0 Å². The van der Waals surface area contributed by atoms with Crippen LogP contribution in [0.3, 0.4) is 0 Å². The second-order valence-electron chi connectivity index (χ2n) is 4.00. The van der Waals surface area contributed by atoms with Crippen LogP contribution in [0.1, 0.15) is 19.8 Å². The fourth-order valence-electron chi connectivity index (χ4n) is 1.76. The summed E-state index contributed by atoms with van der Waals surface area (Å²) >= 11 is 0. The second-order valence-corrected chi connectivity index (χ2v) is 4.00.